The first kappa shape index (κ1) is 11.9. The number of aryl methyl sites for hydroxylation is 1. The molecule has 0 aliphatic heterocycles. The van der Waals surface area contributed by atoms with E-state index in [9.17, 15) is 0 Å². The fourth-order valence-electron chi connectivity index (χ4n) is 1.35. The van der Waals surface area contributed by atoms with E-state index in [2.05, 4.69) is 45.1 Å². The number of rotatable bonds is 4. The normalized spacial score (nSPS) is 12.9. The minimum atomic E-state index is 0.658. The Balaban J connectivity index is 2.58. The van der Waals surface area contributed by atoms with Gasteiger partial charge in [-0.2, -0.15) is 0 Å². The lowest BCUT2D eigenvalue weighted by atomic mass is 9.98. The predicted octanol–water partition coefficient (Wildman–Crippen LogP) is 3.28. The van der Waals surface area contributed by atoms with Crippen molar-refractivity contribution in [2.24, 2.45) is 11.8 Å². The molecule has 15 heavy (non-hydrogen) atoms. The van der Waals surface area contributed by atoms with Crippen LogP contribution in [0.5, 0.6) is 0 Å². The Morgan fingerprint density at radius 1 is 1.27 bits per heavy atom. The van der Waals surface area contributed by atoms with Crippen LogP contribution >= 0.6 is 0 Å². The molecule has 0 aromatic heterocycles. The van der Waals surface area contributed by atoms with Gasteiger partial charge >= 0.3 is 0 Å². The van der Waals surface area contributed by atoms with E-state index in [1.54, 1.807) is 0 Å². The molecule has 0 saturated heterocycles. The molecule has 2 nitrogen and oxygen atoms in total. The van der Waals surface area contributed by atoms with Gasteiger partial charge in [0.1, 0.15) is 0 Å². The molecule has 84 valence electrons. The summed E-state index contributed by atoms with van der Waals surface area (Å²) in [7, 11) is 0. The monoisotopic (exact) mass is 206 g/mol. The topological polar surface area (TPSA) is 38.0 Å². The molecule has 0 aliphatic rings. The largest absolute Gasteiger partial charge is 0.397 e. The van der Waals surface area contributed by atoms with E-state index in [0.29, 0.717) is 11.8 Å². The number of hydrogen-bond donors (Lipinski definition) is 2. The van der Waals surface area contributed by atoms with Gasteiger partial charge in [-0.15, -0.1) is 0 Å². The molecule has 0 amide bonds. The Bertz CT molecular complexity index is 318. The number of nitrogens with two attached hydrogens (primary N) is 1. The van der Waals surface area contributed by atoms with Crippen molar-refractivity contribution in [3.63, 3.8) is 0 Å². The summed E-state index contributed by atoms with van der Waals surface area (Å²) in [5.74, 6) is 1.36. The zero-order valence-electron chi connectivity index (χ0n) is 10.2. The Labute approximate surface area is 92.9 Å². The fourth-order valence-corrected chi connectivity index (χ4v) is 1.35. The zero-order valence-corrected chi connectivity index (χ0v) is 10.2. The van der Waals surface area contributed by atoms with Crippen LogP contribution in [0.25, 0.3) is 0 Å². The van der Waals surface area contributed by atoms with Crippen LogP contribution in [0.15, 0.2) is 18.2 Å². The lowest BCUT2D eigenvalue weighted by molar-refractivity contribution is 0.440. The summed E-state index contributed by atoms with van der Waals surface area (Å²) < 4.78 is 0. The summed E-state index contributed by atoms with van der Waals surface area (Å²) >= 11 is 0. The minimum Gasteiger partial charge on any atom is -0.397 e. The van der Waals surface area contributed by atoms with E-state index < -0.39 is 0 Å². The van der Waals surface area contributed by atoms with Crippen LogP contribution in [0.1, 0.15) is 26.3 Å². The average molecular weight is 206 g/mol. The van der Waals surface area contributed by atoms with Crippen LogP contribution in [-0.2, 0) is 0 Å². The lowest BCUT2D eigenvalue weighted by Crippen LogP contribution is -2.16. The van der Waals surface area contributed by atoms with Crippen molar-refractivity contribution in [2.75, 3.05) is 17.6 Å². The molecule has 0 heterocycles. The summed E-state index contributed by atoms with van der Waals surface area (Å²) in [6.07, 6.45) is 0. The number of benzene rings is 1. The fraction of sp³-hybridized carbons (Fsp3) is 0.538. The third-order valence-electron chi connectivity index (χ3n) is 2.96. The molecule has 0 spiro atoms. The van der Waals surface area contributed by atoms with Crippen molar-refractivity contribution >= 4 is 11.4 Å². The Morgan fingerprint density at radius 2 is 1.93 bits per heavy atom. The molecule has 0 radical (unpaired) electrons. The van der Waals surface area contributed by atoms with Gasteiger partial charge in [0.2, 0.25) is 0 Å². The van der Waals surface area contributed by atoms with E-state index in [1.807, 2.05) is 6.07 Å². The number of nitrogen functional groups attached to an aromatic ring is 1. The summed E-state index contributed by atoms with van der Waals surface area (Å²) in [5.41, 5.74) is 9.01. The van der Waals surface area contributed by atoms with Crippen molar-refractivity contribution in [2.45, 2.75) is 27.7 Å². The first-order chi connectivity index (χ1) is 7.00. The molecule has 1 atom stereocenters. The molecule has 0 aliphatic carbocycles. The highest BCUT2D eigenvalue weighted by Crippen LogP contribution is 2.20. The second kappa shape index (κ2) is 5.06. The van der Waals surface area contributed by atoms with Gasteiger partial charge in [-0.05, 0) is 36.5 Å². The molecular weight excluding hydrogens is 184 g/mol. The van der Waals surface area contributed by atoms with Crippen molar-refractivity contribution in [3.05, 3.63) is 23.8 Å². The van der Waals surface area contributed by atoms with Crippen LogP contribution in [-0.4, -0.2) is 6.54 Å². The van der Waals surface area contributed by atoms with Gasteiger partial charge in [-0.25, -0.2) is 0 Å². The molecule has 0 fully saturated rings. The van der Waals surface area contributed by atoms with Crippen molar-refractivity contribution < 1.29 is 0 Å². The second-order valence-corrected chi connectivity index (χ2v) is 4.69. The molecule has 2 heteroatoms. The van der Waals surface area contributed by atoms with Crippen molar-refractivity contribution in [1.82, 2.24) is 0 Å². The molecule has 1 aromatic carbocycles. The highest BCUT2D eigenvalue weighted by atomic mass is 14.9. The lowest BCUT2D eigenvalue weighted by Gasteiger charge is -2.18. The van der Waals surface area contributed by atoms with Crippen LogP contribution in [0, 0.1) is 18.8 Å². The van der Waals surface area contributed by atoms with Gasteiger partial charge in [-0.3, -0.25) is 0 Å². The molecular formula is C13H22N2. The van der Waals surface area contributed by atoms with Gasteiger partial charge in [0, 0.05) is 6.54 Å². The molecule has 1 rings (SSSR count). The third-order valence-corrected chi connectivity index (χ3v) is 2.96. The molecule has 1 aromatic rings. The highest BCUT2D eigenvalue weighted by molar-refractivity contribution is 5.66. The molecule has 0 saturated carbocycles. The van der Waals surface area contributed by atoms with E-state index >= 15 is 0 Å². The number of hydrogen-bond acceptors (Lipinski definition) is 2. The van der Waals surface area contributed by atoms with Gasteiger partial charge in [-0.1, -0.05) is 26.8 Å². The maximum Gasteiger partial charge on any atom is 0.0574 e. The predicted molar refractivity (Wildman–Crippen MR) is 68.1 cm³/mol. The Hall–Kier alpha value is -1.18. The minimum absolute atomic E-state index is 0.658. The summed E-state index contributed by atoms with van der Waals surface area (Å²) in [6, 6.07) is 6.14. The average Bonchev–Trinajstić information content (AvgIpc) is 2.15. The quantitative estimate of drug-likeness (QED) is 0.742. The summed E-state index contributed by atoms with van der Waals surface area (Å²) in [4.78, 5) is 0. The van der Waals surface area contributed by atoms with Crippen LogP contribution in [0.4, 0.5) is 11.4 Å². The smallest absolute Gasteiger partial charge is 0.0574 e. The maximum absolute atomic E-state index is 5.92. The van der Waals surface area contributed by atoms with Crippen molar-refractivity contribution in [3.8, 4) is 0 Å². The summed E-state index contributed by atoms with van der Waals surface area (Å²) in [5, 5.41) is 3.40. The second-order valence-electron chi connectivity index (χ2n) is 4.69. The van der Waals surface area contributed by atoms with E-state index in [0.717, 1.165) is 17.9 Å². The molecule has 3 N–H and O–H groups in total. The molecule has 1 unspecified atom stereocenters. The highest BCUT2D eigenvalue weighted by Gasteiger charge is 2.07. The van der Waals surface area contributed by atoms with E-state index in [4.69, 9.17) is 5.73 Å². The van der Waals surface area contributed by atoms with E-state index in [-0.39, 0.29) is 0 Å². The number of nitrogens with one attached hydrogen (secondary N) is 1. The molecule has 0 bridgehead atoms. The first-order valence-electron chi connectivity index (χ1n) is 5.60. The Morgan fingerprint density at radius 3 is 2.47 bits per heavy atom. The number of anilines is 2. The van der Waals surface area contributed by atoms with Gasteiger partial charge in [0.15, 0.2) is 0 Å². The Kier molecular flexibility index (Phi) is 4.01. The van der Waals surface area contributed by atoms with E-state index in [1.165, 1.54) is 5.56 Å². The third kappa shape index (κ3) is 3.46. The standard InChI is InChI=1S/C13H22N2/c1-9(2)11(4)8-15-13-6-5-10(3)7-12(13)14/h5-7,9,11,15H,8,14H2,1-4H3. The van der Waals surface area contributed by atoms with Gasteiger partial charge < -0.3 is 11.1 Å². The van der Waals surface area contributed by atoms with Crippen LogP contribution in [0.3, 0.4) is 0 Å². The first-order valence-corrected chi connectivity index (χ1v) is 5.60. The maximum atomic E-state index is 5.92. The van der Waals surface area contributed by atoms with Gasteiger partial charge in [0.25, 0.3) is 0 Å². The van der Waals surface area contributed by atoms with Crippen LogP contribution < -0.4 is 11.1 Å². The SMILES string of the molecule is Cc1ccc(NCC(C)C(C)C)c(N)c1. The van der Waals surface area contributed by atoms with Gasteiger partial charge in [0.05, 0.1) is 11.4 Å². The zero-order chi connectivity index (χ0) is 11.4. The summed E-state index contributed by atoms with van der Waals surface area (Å²) in [6.45, 7) is 9.76. The van der Waals surface area contributed by atoms with Crippen LogP contribution in [0.2, 0.25) is 0 Å². The van der Waals surface area contributed by atoms with Crippen molar-refractivity contribution in [1.29, 1.82) is 0 Å².